The van der Waals surface area contributed by atoms with Crippen LogP contribution in [0.1, 0.15) is 47.1 Å². The van der Waals surface area contributed by atoms with Gasteiger partial charge >= 0.3 is 7.12 Å². The SMILES string of the molecule is CC(C)(O)c1c(B2OC(C)(C)C(C)(C)O2)ccnc1F. The summed E-state index contributed by atoms with van der Waals surface area (Å²) < 4.78 is 25.8. The molecule has 20 heavy (non-hydrogen) atoms. The van der Waals surface area contributed by atoms with Crippen LogP contribution in [0, 0.1) is 5.95 Å². The van der Waals surface area contributed by atoms with Gasteiger partial charge in [0.15, 0.2) is 0 Å². The number of hydrogen-bond acceptors (Lipinski definition) is 4. The van der Waals surface area contributed by atoms with Gasteiger partial charge in [-0.15, -0.1) is 0 Å². The van der Waals surface area contributed by atoms with Crippen molar-refractivity contribution in [2.24, 2.45) is 0 Å². The molecule has 0 radical (unpaired) electrons. The minimum Gasteiger partial charge on any atom is -0.399 e. The molecule has 4 nitrogen and oxygen atoms in total. The van der Waals surface area contributed by atoms with E-state index >= 15 is 0 Å². The van der Waals surface area contributed by atoms with Crippen molar-refractivity contribution in [2.45, 2.75) is 58.3 Å². The summed E-state index contributed by atoms with van der Waals surface area (Å²) in [5.74, 6) is -0.704. The van der Waals surface area contributed by atoms with Gasteiger partial charge in [-0.25, -0.2) is 4.98 Å². The van der Waals surface area contributed by atoms with Crippen LogP contribution in [0.25, 0.3) is 0 Å². The number of pyridine rings is 1. The van der Waals surface area contributed by atoms with Gasteiger partial charge in [0.1, 0.15) is 0 Å². The Hall–Kier alpha value is -0.975. The first-order valence-corrected chi connectivity index (χ1v) is 6.68. The van der Waals surface area contributed by atoms with Gasteiger partial charge in [0.25, 0.3) is 0 Å². The van der Waals surface area contributed by atoms with Crippen LogP contribution in [-0.4, -0.2) is 28.4 Å². The number of aromatic nitrogens is 1. The molecule has 0 spiro atoms. The molecule has 6 heteroatoms. The molecule has 1 fully saturated rings. The first-order chi connectivity index (χ1) is 8.96. The Morgan fingerprint density at radius 2 is 1.70 bits per heavy atom. The summed E-state index contributed by atoms with van der Waals surface area (Å²) >= 11 is 0. The molecule has 2 heterocycles. The quantitative estimate of drug-likeness (QED) is 0.663. The summed E-state index contributed by atoms with van der Waals surface area (Å²) in [6.45, 7) is 10.7. The van der Waals surface area contributed by atoms with Crippen LogP contribution in [0.2, 0.25) is 0 Å². The minimum absolute atomic E-state index is 0.110. The Labute approximate surface area is 119 Å². The highest BCUT2D eigenvalue weighted by molar-refractivity contribution is 6.62. The second-order valence-corrected chi connectivity index (χ2v) is 6.71. The monoisotopic (exact) mass is 281 g/mol. The molecule has 1 N–H and O–H groups in total. The first-order valence-electron chi connectivity index (χ1n) is 6.68. The van der Waals surface area contributed by atoms with Gasteiger partial charge in [-0.2, -0.15) is 4.39 Å². The van der Waals surface area contributed by atoms with E-state index in [0.717, 1.165) is 0 Å². The fourth-order valence-electron chi connectivity index (χ4n) is 2.22. The number of halogens is 1. The molecule has 0 aliphatic carbocycles. The lowest BCUT2D eigenvalue weighted by molar-refractivity contribution is 0.00578. The van der Waals surface area contributed by atoms with Gasteiger partial charge in [0, 0.05) is 11.8 Å². The topological polar surface area (TPSA) is 51.6 Å². The van der Waals surface area contributed by atoms with E-state index in [9.17, 15) is 9.50 Å². The zero-order chi connectivity index (χ0) is 15.3. The molecule has 110 valence electrons. The Morgan fingerprint density at radius 1 is 1.20 bits per heavy atom. The second-order valence-electron chi connectivity index (χ2n) is 6.71. The fourth-order valence-corrected chi connectivity index (χ4v) is 2.22. The van der Waals surface area contributed by atoms with Crippen LogP contribution in [0.15, 0.2) is 12.3 Å². The van der Waals surface area contributed by atoms with Crippen LogP contribution in [-0.2, 0) is 14.9 Å². The number of nitrogens with zero attached hydrogens (tertiary/aromatic N) is 1. The van der Waals surface area contributed by atoms with Crippen molar-refractivity contribution in [3.63, 3.8) is 0 Å². The molecule has 0 unspecified atom stereocenters. The lowest BCUT2D eigenvalue weighted by atomic mass is 9.73. The largest absolute Gasteiger partial charge is 0.495 e. The predicted molar refractivity (Wildman–Crippen MR) is 75.2 cm³/mol. The van der Waals surface area contributed by atoms with Crippen molar-refractivity contribution in [2.75, 3.05) is 0 Å². The van der Waals surface area contributed by atoms with E-state index in [2.05, 4.69) is 4.98 Å². The molecule has 0 amide bonds. The average Bonchev–Trinajstić information content (AvgIpc) is 2.46. The molecule has 0 atom stereocenters. The summed E-state index contributed by atoms with van der Waals surface area (Å²) in [5.41, 5.74) is -1.82. The maximum Gasteiger partial charge on any atom is 0.495 e. The number of aliphatic hydroxyl groups is 1. The summed E-state index contributed by atoms with van der Waals surface area (Å²) in [6, 6.07) is 1.62. The minimum atomic E-state index is -1.36. The van der Waals surface area contributed by atoms with Crippen molar-refractivity contribution in [1.82, 2.24) is 4.98 Å². The lowest BCUT2D eigenvalue weighted by Crippen LogP contribution is -2.41. The Kier molecular flexibility index (Phi) is 3.48. The molecule has 1 saturated heterocycles. The van der Waals surface area contributed by atoms with E-state index < -0.39 is 29.9 Å². The molecular weight excluding hydrogens is 260 g/mol. The maximum atomic E-state index is 14.0. The summed E-state index contributed by atoms with van der Waals surface area (Å²) in [5, 5.41) is 10.2. The standard InChI is InChI=1S/C14H21BFNO3/c1-12(2,18)10-9(7-8-17-11(10)16)15-19-13(3,4)14(5,6)20-15/h7-8,18H,1-6H3. The van der Waals surface area contributed by atoms with Crippen LogP contribution in [0.3, 0.4) is 0 Å². The Bertz CT molecular complexity index is 510. The Balaban J connectivity index is 2.49. The normalized spacial score (nSPS) is 21.3. The maximum absolute atomic E-state index is 14.0. The highest BCUT2D eigenvalue weighted by atomic mass is 19.1. The zero-order valence-corrected chi connectivity index (χ0v) is 12.8. The van der Waals surface area contributed by atoms with E-state index in [1.165, 1.54) is 20.0 Å². The van der Waals surface area contributed by atoms with Crippen molar-refractivity contribution in [1.29, 1.82) is 0 Å². The van der Waals surface area contributed by atoms with E-state index in [4.69, 9.17) is 9.31 Å². The third kappa shape index (κ3) is 2.48. The van der Waals surface area contributed by atoms with Gasteiger partial charge in [-0.3, -0.25) is 0 Å². The van der Waals surface area contributed by atoms with E-state index in [0.29, 0.717) is 5.46 Å². The van der Waals surface area contributed by atoms with E-state index in [-0.39, 0.29) is 5.56 Å². The van der Waals surface area contributed by atoms with Crippen LogP contribution < -0.4 is 5.46 Å². The van der Waals surface area contributed by atoms with Gasteiger partial charge < -0.3 is 14.4 Å². The molecule has 2 rings (SSSR count). The molecule has 1 aliphatic heterocycles. The molecule has 0 saturated carbocycles. The molecule has 1 aliphatic rings. The van der Waals surface area contributed by atoms with Crippen LogP contribution in [0.5, 0.6) is 0 Å². The Morgan fingerprint density at radius 3 is 2.15 bits per heavy atom. The van der Waals surface area contributed by atoms with Gasteiger partial charge in [-0.05, 0) is 53.1 Å². The molecule has 0 bridgehead atoms. The van der Waals surface area contributed by atoms with Crippen molar-refractivity contribution >= 4 is 12.6 Å². The summed E-state index contributed by atoms with van der Waals surface area (Å²) in [7, 11) is -0.723. The average molecular weight is 281 g/mol. The lowest BCUT2D eigenvalue weighted by Gasteiger charge is -2.32. The van der Waals surface area contributed by atoms with Gasteiger partial charge in [0.2, 0.25) is 5.95 Å². The predicted octanol–water partition coefficient (Wildman–Crippen LogP) is 1.75. The second kappa shape index (κ2) is 4.51. The molecule has 1 aromatic rings. The first kappa shape index (κ1) is 15.4. The third-order valence-corrected chi connectivity index (χ3v) is 4.06. The van der Waals surface area contributed by atoms with Gasteiger partial charge in [0.05, 0.1) is 16.8 Å². The van der Waals surface area contributed by atoms with Gasteiger partial charge in [-0.1, -0.05) is 0 Å². The highest BCUT2D eigenvalue weighted by Gasteiger charge is 2.53. The number of hydrogen-bond donors (Lipinski definition) is 1. The van der Waals surface area contributed by atoms with Crippen LogP contribution >= 0.6 is 0 Å². The number of rotatable bonds is 2. The van der Waals surface area contributed by atoms with Crippen LogP contribution in [0.4, 0.5) is 4.39 Å². The third-order valence-electron chi connectivity index (χ3n) is 4.06. The van der Waals surface area contributed by atoms with Crippen molar-refractivity contribution in [3.05, 3.63) is 23.8 Å². The molecule has 0 aromatic carbocycles. The zero-order valence-electron chi connectivity index (χ0n) is 12.8. The van der Waals surface area contributed by atoms with Crippen molar-refractivity contribution < 1.29 is 18.8 Å². The molecular formula is C14H21BFNO3. The molecule has 1 aromatic heterocycles. The smallest absolute Gasteiger partial charge is 0.399 e. The van der Waals surface area contributed by atoms with E-state index in [1.54, 1.807) is 6.07 Å². The van der Waals surface area contributed by atoms with E-state index in [1.807, 2.05) is 27.7 Å². The summed E-state index contributed by atoms with van der Waals surface area (Å²) in [4.78, 5) is 3.61. The fraction of sp³-hybridized carbons (Fsp3) is 0.643. The summed E-state index contributed by atoms with van der Waals surface area (Å²) in [6.07, 6.45) is 1.35. The van der Waals surface area contributed by atoms with Crippen molar-refractivity contribution in [3.8, 4) is 0 Å². The highest BCUT2D eigenvalue weighted by Crippen LogP contribution is 2.37.